The molecule has 29 heavy (non-hydrogen) atoms. The summed E-state index contributed by atoms with van der Waals surface area (Å²) >= 11 is 0. The number of rotatable bonds is 9. The lowest BCUT2D eigenvalue weighted by molar-refractivity contribution is -0.115. The van der Waals surface area contributed by atoms with E-state index < -0.39 is 0 Å². The average molecular weight is 399 g/mol. The van der Waals surface area contributed by atoms with E-state index in [-0.39, 0.29) is 11.9 Å². The Labute approximate surface area is 171 Å². The number of piperidine rings is 1. The molecule has 1 aromatic carbocycles. The van der Waals surface area contributed by atoms with Crippen LogP contribution in [0.3, 0.4) is 0 Å². The van der Waals surface area contributed by atoms with E-state index >= 15 is 0 Å². The van der Waals surface area contributed by atoms with E-state index in [9.17, 15) is 10.0 Å². The first-order chi connectivity index (χ1) is 14.2. The lowest BCUT2D eigenvalue weighted by Crippen LogP contribution is -2.39. The van der Waals surface area contributed by atoms with Crippen molar-refractivity contribution in [2.45, 2.75) is 37.6 Å². The van der Waals surface area contributed by atoms with Crippen molar-refractivity contribution in [3.8, 4) is 0 Å². The predicted molar refractivity (Wildman–Crippen MR) is 109 cm³/mol. The van der Waals surface area contributed by atoms with Crippen molar-refractivity contribution in [2.75, 3.05) is 32.7 Å². The van der Waals surface area contributed by atoms with Gasteiger partial charge in [-0.25, -0.2) is 4.98 Å². The molecule has 2 aliphatic rings. The molecular formula is C22H30N4O3. The highest BCUT2D eigenvalue weighted by Crippen LogP contribution is 2.44. The van der Waals surface area contributed by atoms with Crippen LogP contribution in [0.5, 0.6) is 0 Å². The summed E-state index contributed by atoms with van der Waals surface area (Å²) in [6, 6.07) is 10.8. The minimum Gasteiger partial charge on any atom is -0.451 e. The molecule has 1 saturated heterocycles. The molecule has 7 nitrogen and oxygen atoms in total. The van der Waals surface area contributed by atoms with Gasteiger partial charge in [0.25, 0.3) is 5.91 Å². The highest BCUT2D eigenvalue weighted by molar-refractivity contribution is 5.91. The average Bonchev–Trinajstić information content (AvgIpc) is 3.37. The first-order valence-electron chi connectivity index (χ1n) is 10.6. The van der Waals surface area contributed by atoms with Crippen LogP contribution < -0.4 is 5.32 Å². The third kappa shape index (κ3) is 5.44. The van der Waals surface area contributed by atoms with Crippen LogP contribution in [0.4, 0.5) is 0 Å². The normalized spacial score (nSPS) is 22.7. The molecule has 1 aliphatic carbocycles. The minimum absolute atomic E-state index is 0.186. The standard InChI is InChI=1S/C22H30N4O3/c27-22(20-15-29-16-24-20)23-9-4-10-25-11-7-17(8-12-25)14-26(28)21-13-19(21)18-5-2-1-3-6-18/h1-3,5-6,15-17,19,21,28H,4,7-14H2,(H,23,27). The Bertz CT molecular complexity index is 760. The molecule has 2 atom stereocenters. The molecule has 1 saturated carbocycles. The number of carbonyl (C=O) groups is 1. The molecule has 1 aromatic heterocycles. The smallest absolute Gasteiger partial charge is 0.273 e. The fourth-order valence-corrected chi connectivity index (χ4v) is 4.28. The maximum absolute atomic E-state index is 11.8. The summed E-state index contributed by atoms with van der Waals surface area (Å²) in [6.45, 7) is 4.51. The molecule has 1 amide bonds. The van der Waals surface area contributed by atoms with E-state index in [4.69, 9.17) is 4.42 Å². The van der Waals surface area contributed by atoms with Crippen LogP contribution in [0, 0.1) is 5.92 Å². The van der Waals surface area contributed by atoms with Crippen molar-refractivity contribution < 1.29 is 14.4 Å². The number of aromatic nitrogens is 1. The SMILES string of the molecule is O=C(NCCCN1CCC(CN(O)C2CC2c2ccccc2)CC1)c1cocn1. The van der Waals surface area contributed by atoms with Crippen molar-refractivity contribution in [3.05, 3.63) is 54.2 Å². The van der Waals surface area contributed by atoms with Gasteiger partial charge in [0.1, 0.15) is 6.26 Å². The summed E-state index contributed by atoms with van der Waals surface area (Å²) in [5.41, 5.74) is 1.66. The molecule has 0 radical (unpaired) electrons. The molecule has 2 N–H and O–H groups in total. The summed E-state index contributed by atoms with van der Waals surface area (Å²) in [4.78, 5) is 18.1. The molecule has 2 unspecified atom stereocenters. The first-order valence-corrected chi connectivity index (χ1v) is 10.6. The topological polar surface area (TPSA) is 81.8 Å². The highest BCUT2D eigenvalue weighted by Gasteiger charge is 2.43. The van der Waals surface area contributed by atoms with Crippen LogP contribution in [-0.4, -0.2) is 64.8 Å². The number of likely N-dealkylation sites (tertiary alicyclic amines) is 1. The third-order valence-corrected chi connectivity index (χ3v) is 6.12. The van der Waals surface area contributed by atoms with Gasteiger partial charge in [0.05, 0.1) is 0 Å². The molecule has 2 aromatic rings. The van der Waals surface area contributed by atoms with E-state index in [1.807, 2.05) is 6.07 Å². The van der Waals surface area contributed by atoms with E-state index in [0.29, 0.717) is 24.1 Å². The van der Waals surface area contributed by atoms with E-state index in [1.54, 1.807) is 5.06 Å². The lowest BCUT2D eigenvalue weighted by atomic mass is 9.96. The maximum atomic E-state index is 11.8. The molecule has 2 fully saturated rings. The Morgan fingerprint density at radius 3 is 2.79 bits per heavy atom. The van der Waals surface area contributed by atoms with Gasteiger partial charge in [-0.3, -0.25) is 4.79 Å². The number of carbonyl (C=O) groups excluding carboxylic acids is 1. The van der Waals surface area contributed by atoms with E-state index in [0.717, 1.165) is 51.9 Å². The second kappa shape index (κ2) is 9.52. The highest BCUT2D eigenvalue weighted by atomic mass is 16.5. The molecule has 4 rings (SSSR count). The summed E-state index contributed by atoms with van der Waals surface area (Å²) in [6.07, 6.45) is 6.82. The van der Waals surface area contributed by atoms with Crippen molar-refractivity contribution in [2.24, 2.45) is 5.92 Å². The zero-order valence-electron chi connectivity index (χ0n) is 16.7. The zero-order chi connectivity index (χ0) is 20.1. The maximum Gasteiger partial charge on any atom is 0.273 e. The van der Waals surface area contributed by atoms with Crippen LogP contribution in [0.1, 0.15) is 47.7 Å². The fourth-order valence-electron chi connectivity index (χ4n) is 4.28. The Morgan fingerprint density at radius 2 is 2.07 bits per heavy atom. The number of amides is 1. The Hall–Kier alpha value is -2.22. The quantitative estimate of drug-likeness (QED) is 0.499. The first kappa shape index (κ1) is 20.1. The number of nitrogens with one attached hydrogen (secondary N) is 1. The number of hydrogen-bond donors (Lipinski definition) is 2. The minimum atomic E-state index is -0.186. The van der Waals surface area contributed by atoms with Gasteiger partial charge >= 0.3 is 0 Å². The van der Waals surface area contributed by atoms with Crippen molar-refractivity contribution in [1.29, 1.82) is 0 Å². The van der Waals surface area contributed by atoms with Gasteiger partial charge in [-0.05, 0) is 56.8 Å². The van der Waals surface area contributed by atoms with Crippen LogP contribution in [-0.2, 0) is 0 Å². The summed E-state index contributed by atoms with van der Waals surface area (Å²) in [5.74, 6) is 0.850. The van der Waals surface area contributed by atoms with Crippen molar-refractivity contribution in [3.63, 3.8) is 0 Å². The number of hydroxylamine groups is 2. The third-order valence-electron chi connectivity index (χ3n) is 6.12. The van der Waals surface area contributed by atoms with Gasteiger partial charge in [0, 0.05) is 25.0 Å². The summed E-state index contributed by atoms with van der Waals surface area (Å²) < 4.78 is 4.82. The van der Waals surface area contributed by atoms with Gasteiger partial charge < -0.3 is 19.8 Å². The summed E-state index contributed by atoms with van der Waals surface area (Å²) in [7, 11) is 0. The molecule has 0 spiro atoms. The zero-order valence-corrected chi connectivity index (χ0v) is 16.7. The largest absolute Gasteiger partial charge is 0.451 e. The molecule has 7 heteroatoms. The number of nitrogens with zero attached hydrogens (tertiary/aromatic N) is 3. The van der Waals surface area contributed by atoms with Gasteiger partial charge in [0.2, 0.25) is 0 Å². The summed E-state index contributed by atoms with van der Waals surface area (Å²) in [5, 5.41) is 15.0. The van der Waals surface area contributed by atoms with Crippen LogP contribution in [0.2, 0.25) is 0 Å². The van der Waals surface area contributed by atoms with Gasteiger partial charge in [-0.2, -0.15) is 5.06 Å². The van der Waals surface area contributed by atoms with Crippen LogP contribution >= 0.6 is 0 Å². The van der Waals surface area contributed by atoms with E-state index in [2.05, 4.69) is 39.5 Å². The number of hydrogen-bond acceptors (Lipinski definition) is 6. The molecule has 2 heterocycles. The predicted octanol–water partition coefficient (Wildman–Crippen LogP) is 2.75. The van der Waals surface area contributed by atoms with Crippen LogP contribution in [0.25, 0.3) is 0 Å². The second-order valence-electron chi connectivity index (χ2n) is 8.21. The fraction of sp³-hybridized carbons (Fsp3) is 0.545. The Morgan fingerprint density at radius 1 is 1.28 bits per heavy atom. The molecule has 1 aliphatic heterocycles. The lowest BCUT2D eigenvalue weighted by Gasteiger charge is -2.33. The number of benzene rings is 1. The molecule has 156 valence electrons. The second-order valence-corrected chi connectivity index (χ2v) is 8.21. The Balaban J connectivity index is 1.09. The van der Waals surface area contributed by atoms with Crippen molar-refractivity contribution >= 4 is 5.91 Å². The van der Waals surface area contributed by atoms with Crippen LogP contribution in [0.15, 0.2) is 47.4 Å². The monoisotopic (exact) mass is 398 g/mol. The van der Waals surface area contributed by atoms with Gasteiger partial charge in [-0.1, -0.05) is 30.3 Å². The van der Waals surface area contributed by atoms with Gasteiger partial charge in [0.15, 0.2) is 12.1 Å². The van der Waals surface area contributed by atoms with E-state index in [1.165, 1.54) is 18.2 Å². The molecular weight excluding hydrogens is 368 g/mol. The van der Waals surface area contributed by atoms with Crippen molar-refractivity contribution in [1.82, 2.24) is 20.3 Å². The Kier molecular flexibility index (Phi) is 6.59. The van der Waals surface area contributed by atoms with Gasteiger partial charge in [-0.15, -0.1) is 0 Å². The number of oxazole rings is 1. The molecule has 0 bridgehead atoms.